The Labute approximate surface area is 85.8 Å². The molecule has 2 heterocycles. The zero-order valence-corrected chi connectivity index (χ0v) is 8.58. The van der Waals surface area contributed by atoms with Gasteiger partial charge in [-0.25, -0.2) is 4.98 Å². The number of nitrogens with zero attached hydrogens (tertiary/aromatic N) is 4. The van der Waals surface area contributed by atoms with Gasteiger partial charge < -0.3 is 5.11 Å². The van der Waals surface area contributed by atoms with Crippen molar-refractivity contribution in [1.29, 1.82) is 0 Å². The van der Waals surface area contributed by atoms with E-state index >= 15 is 0 Å². The molecule has 15 heavy (non-hydrogen) atoms. The number of hydrogen-bond donors (Lipinski definition) is 1. The van der Waals surface area contributed by atoms with Crippen molar-refractivity contribution in [1.82, 2.24) is 19.3 Å². The molecule has 0 unspecified atom stereocenters. The molecule has 80 valence electrons. The van der Waals surface area contributed by atoms with Gasteiger partial charge in [-0.2, -0.15) is 5.10 Å². The number of fused-ring (bicyclic) bond motifs is 1. The molecule has 0 aliphatic carbocycles. The van der Waals surface area contributed by atoms with Crippen LogP contribution in [0.4, 0.5) is 0 Å². The van der Waals surface area contributed by atoms with E-state index < -0.39 is 6.10 Å². The lowest BCUT2D eigenvalue weighted by Crippen LogP contribution is -2.25. The van der Waals surface area contributed by atoms with Gasteiger partial charge >= 0.3 is 0 Å². The first kappa shape index (κ1) is 9.85. The third kappa shape index (κ3) is 1.63. The summed E-state index contributed by atoms with van der Waals surface area (Å²) in [7, 11) is 1.73. The normalized spacial score (nSPS) is 13.3. The molecule has 2 rings (SSSR count). The predicted octanol–water partition coefficient (Wildman–Crippen LogP) is -0.489. The van der Waals surface area contributed by atoms with E-state index in [0.29, 0.717) is 11.0 Å². The van der Waals surface area contributed by atoms with E-state index in [-0.39, 0.29) is 12.1 Å². The van der Waals surface area contributed by atoms with E-state index in [1.54, 1.807) is 18.7 Å². The SMILES string of the molecule is C[C@@H](O)Cn1cnc2c(cnn2C)c1=O. The Bertz CT molecular complexity index is 541. The van der Waals surface area contributed by atoms with Crippen molar-refractivity contribution in [3.8, 4) is 0 Å². The minimum absolute atomic E-state index is 0.172. The van der Waals surface area contributed by atoms with Crippen LogP contribution in [-0.4, -0.2) is 30.5 Å². The van der Waals surface area contributed by atoms with Crippen molar-refractivity contribution in [2.24, 2.45) is 7.05 Å². The van der Waals surface area contributed by atoms with Crippen LogP contribution < -0.4 is 5.56 Å². The number of aliphatic hydroxyl groups excluding tert-OH is 1. The van der Waals surface area contributed by atoms with E-state index in [9.17, 15) is 9.90 Å². The highest BCUT2D eigenvalue weighted by molar-refractivity contribution is 5.72. The van der Waals surface area contributed by atoms with Gasteiger partial charge in [0.2, 0.25) is 0 Å². The van der Waals surface area contributed by atoms with Gasteiger partial charge in [0, 0.05) is 7.05 Å². The van der Waals surface area contributed by atoms with Crippen LogP contribution >= 0.6 is 0 Å². The Hall–Kier alpha value is -1.69. The zero-order chi connectivity index (χ0) is 11.0. The minimum atomic E-state index is -0.571. The van der Waals surface area contributed by atoms with Gasteiger partial charge in [0.05, 0.1) is 18.8 Å². The summed E-state index contributed by atoms with van der Waals surface area (Å²) in [6.07, 6.45) is 2.35. The van der Waals surface area contributed by atoms with Gasteiger partial charge in [0.15, 0.2) is 5.65 Å². The fourth-order valence-corrected chi connectivity index (χ4v) is 1.48. The van der Waals surface area contributed by atoms with Crippen LogP contribution in [0.5, 0.6) is 0 Å². The monoisotopic (exact) mass is 208 g/mol. The molecule has 0 saturated carbocycles. The van der Waals surface area contributed by atoms with E-state index in [0.717, 1.165) is 0 Å². The van der Waals surface area contributed by atoms with E-state index in [2.05, 4.69) is 10.1 Å². The maximum atomic E-state index is 11.8. The molecule has 0 aromatic carbocycles. The fourth-order valence-electron chi connectivity index (χ4n) is 1.48. The van der Waals surface area contributed by atoms with Crippen LogP contribution in [0.1, 0.15) is 6.92 Å². The van der Waals surface area contributed by atoms with Crippen LogP contribution in [0.25, 0.3) is 11.0 Å². The summed E-state index contributed by atoms with van der Waals surface area (Å²) >= 11 is 0. The van der Waals surface area contributed by atoms with Crippen LogP contribution in [0.2, 0.25) is 0 Å². The summed E-state index contributed by atoms with van der Waals surface area (Å²) in [5, 5.41) is 13.6. The molecule has 0 aliphatic heterocycles. The standard InChI is InChI=1S/C9H12N4O2/c1-6(14)4-13-5-10-8-7(9(13)15)3-11-12(8)2/h3,5-6,14H,4H2,1-2H3/t6-/m1/s1. The molecule has 0 spiro atoms. The summed E-state index contributed by atoms with van der Waals surface area (Å²) in [5.74, 6) is 0. The van der Waals surface area contributed by atoms with E-state index in [1.165, 1.54) is 17.1 Å². The molecule has 0 aliphatic rings. The predicted molar refractivity (Wildman–Crippen MR) is 54.4 cm³/mol. The third-order valence-electron chi connectivity index (χ3n) is 2.18. The Morgan fingerprint density at radius 1 is 1.60 bits per heavy atom. The van der Waals surface area contributed by atoms with Gasteiger partial charge in [-0.15, -0.1) is 0 Å². The molecule has 1 atom stereocenters. The molecule has 1 N–H and O–H groups in total. The maximum absolute atomic E-state index is 11.8. The van der Waals surface area contributed by atoms with Gasteiger partial charge in [0.1, 0.15) is 11.7 Å². The maximum Gasteiger partial charge on any atom is 0.264 e. The third-order valence-corrected chi connectivity index (χ3v) is 2.18. The van der Waals surface area contributed by atoms with Gasteiger partial charge in [-0.1, -0.05) is 0 Å². The molecule has 0 fully saturated rings. The molecule has 0 bridgehead atoms. The number of hydrogen-bond acceptors (Lipinski definition) is 4. The molecule has 0 radical (unpaired) electrons. The number of aryl methyl sites for hydroxylation is 1. The molecule has 6 nitrogen and oxygen atoms in total. The van der Waals surface area contributed by atoms with Crippen molar-refractivity contribution in [2.75, 3.05) is 0 Å². The van der Waals surface area contributed by atoms with Crippen LogP contribution in [0.3, 0.4) is 0 Å². The second-order valence-corrected chi connectivity index (χ2v) is 3.56. The smallest absolute Gasteiger partial charge is 0.264 e. The average molecular weight is 208 g/mol. The zero-order valence-electron chi connectivity index (χ0n) is 8.58. The summed E-state index contributed by atoms with van der Waals surface area (Å²) < 4.78 is 2.93. The second-order valence-electron chi connectivity index (χ2n) is 3.56. The highest BCUT2D eigenvalue weighted by atomic mass is 16.3. The number of rotatable bonds is 2. The first-order valence-electron chi connectivity index (χ1n) is 4.65. The highest BCUT2D eigenvalue weighted by Gasteiger charge is 2.08. The van der Waals surface area contributed by atoms with Gasteiger partial charge in [0.25, 0.3) is 5.56 Å². The van der Waals surface area contributed by atoms with Gasteiger partial charge in [-0.3, -0.25) is 14.0 Å². The molecule has 2 aromatic heterocycles. The van der Waals surface area contributed by atoms with Crippen LogP contribution in [-0.2, 0) is 13.6 Å². The second kappa shape index (κ2) is 3.47. The summed E-state index contributed by atoms with van der Waals surface area (Å²) in [5.41, 5.74) is 0.385. The van der Waals surface area contributed by atoms with Gasteiger partial charge in [-0.05, 0) is 6.92 Å². The van der Waals surface area contributed by atoms with E-state index in [4.69, 9.17) is 0 Å². The highest BCUT2D eigenvalue weighted by Crippen LogP contribution is 2.03. The quantitative estimate of drug-likeness (QED) is 0.722. The Balaban J connectivity index is 2.61. The topological polar surface area (TPSA) is 72.9 Å². The van der Waals surface area contributed by atoms with Crippen LogP contribution in [0.15, 0.2) is 17.3 Å². The Kier molecular flexibility index (Phi) is 2.28. The molecular weight excluding hydrogens is 196 g/mol. The summed E-state index contributed by atoms with van der Waals surface area (Å²) in [6, 6.07) is 0. The molecular formula is C9H12N4O2. The van der Waals surface area contributed by atoms with Crippen molar-refractivity contribution in [3.63, 3.8) is 0 Å². The van der Waals surface area contributed by atoms with Crippen molar-refractivity contribution >= 4 is 11.0 Å². The molecule has 0 amide bonds. The molecule has 0 saturated heterocycles. The van der Waals surface area contributed by atoms with Crippen molar-refractivity contribution < 1.29 is 5.11 Å². The summed E-state index contributed by atoms with van der Waals surface area (Å²) in [6.45, 7) is 1.87. The molecule has 2 aromatic rings. The first-order chi connectivity index (χ1) is 7.09. The Morgan fingerprint density at radius 2 is 2.33 bits per heavy atom. The van der Waals surface area contributed by atoms with Crippen molar-refractivity contribution in [2.45, 2.75) is 19.6 Å². The number of aliphatic hydroxyl groups is 1. The lowest BCUT2D eigenvalue weighted by molar-refractivity contribution is 0.172. The van der Waals surface area contributed by atoms with E-state index in [1.807, 2.05) is 0 Å². The number of aromatic nitrogens is 4. The lowest BCUT2D eigenvalue weighted by atomic mass is 10.4. The minimum Gasteiger partial charge on any atom is -0.392 e. The Morgan fingerprint density at radius 3 is 3.00 bits per heavy atom. The van der Waals surface area contributed by atoms with Crippen LogP contribution in [0, 0.1) is 0 Å². The fraction of sp³-hybridized carbons (Fsp3) is 0.444. The average Bonchev–Trinajstić information content (AvgIpc) is 2.53. The first-order valence-corrected chi connectivity index (χ1v) is 4.65. The largest absolute Gasteiger partial charge is 0.392 e. The molecule has 6 heteroatoms. The van der Waals surface area contributed by atoms with Crippen molar-refractivity contribution in [3.05, 3.63) is 22.9 Å². The summed E-state index contributed by atoms with van der Waals surface area (Å²) in [4.78, 5) is 15.9. The lowest BCUT2D eigenvalue weighted by Gasteiger charge is -2.06.